The van der Waals surface area contributed by atoms with Crippen LogP contribution in [0.3, 0.4) is 0 Å². The van der Waals surface area contributed by atoms with Gasteiger partial charge in [0.25, 0.3) is 0 Å². The first-order valence-corrected chi connectivity index (χ1v) is 7.91. The lowest BCUT2D eigenvalue weighted by Crippen LogP contribution is -2.54. The van der Waals surface area contributed by atoms with Crippen LogP contribution in [0.5, 0.6) is 0 Å². The second-order valence-corrected chi connectivity index (χ2v) is 6.30. The van der Waals surface area contributed by atoms with Crippen LogP contribution in [0.1, 0.15) is 37.7 Å². The van der Waals surface area contributed by atoms with Gasteiger partial charge in [0.05, 0.1) is 12.1 Å². The first kappa shape index (κ1) is 16.8. The fourth-order valence-electron chi connectivity index (χ4n) is 2.78. The third-order valence-corrected chi connectivity index (χ3v) is 4.46. The van der Waals surface area contributed by atoms with Gasteiger partial charge in [-0.1, -0.05) is 30.3 Å². The van der Waals surface area contributed by atoms with Crippen LogP contribution in [-0.4, -0.2) is 41.5 Å². The number of hydrogen-bond acceptors (Lipinski definition) is 3. The molecule has 5 nitrogen and oxygen atoms in total. The van der Waals surface area contributed by atoms with Crippen molar-refractivity contribution in [3.05, 3.63) is 35.9 Å². The molecule has 2 unspecified atom stereocenters. The Labute approximate surface area is 131 Å². The molecule has 0 radical (unpaired) electrons. The molecule has 1 aliphatic rings. The van der Waals surface area contributed by atoms with Crippen molar-refractivity contribution >= 4 is 6.03 Å². The summed E-state index contributed by atoms with van der Waals surface area (Å²) in [7, 11) is 0. The van der Waals surface area contributed by atoms with E-state index >= 15 is 0 Å². The lowest BCUT2D eigenvalue weighted by Gasteiger charge is -2.29. The zero-order valence-corrected chi connectivity index (χ0v) is 13.1. The molecule has 1 aliphatic carbocycles. The van der Waals surface area contributed by atoms with Crippen LogP contribution >= 0.6 is 0 Å². The van der Waals surface area contributed by atoms with Crippen LogP contribution in [0.15, 0.2) is 30.3 Å². The second kappa shape index (κ2) is 7.61. The van der Waals surface area contributed by atoms with E-state index in [1.165, 1.54) is 0 Å². The second-order valence-electron chi connectivity index (χ2n) is 6.30. The fraction of sp³-hybridized carbons (Fsp3) is 0.588. The fourth-order valence-corrected chi connectivity index (χ4v) is 2.78. The number of carbonyl (C=O) groups excluding carboxylic acids is 1. The van der Waals surface area contributed by atoms with Crippen molar-refractivity contribution in [2.24, 2.45) is 5.92 Å². The predicted octanol–water partition coefficient (Wildman–Crippen LogP) is 1.61. The van der Waals surface area contributed by atoms with E-state index in [9.17, 15) is 15.0 Å². The van der Waals surface area contributed by atoms with E-state index in [1.54, 1.807) is 0 Å². The minimum atomic E-state index is -0.538. The number of amides is 2. The molecule has 0 aromatic heterocycles. The van der Waals surface area contributed by atoms with Gasteiger partial charge in [0.2, 0.25) is 0 Å². The maximum absolute atomic E-state index is 12.1. The molecular weight excluding hydrogens is 280 g/mol. The van der Waals surface area contributed by atoms with Gasteiger partial charge in [-0.25, -0.2) is 4.79 Å². The van der Waals surface area contributed by atoms with E-state index in [1.807, 2.05) is 37.3 Å². The van der Waals surface area contributed by atoms with E-state index in [-0.39, 0.29) is 25.2 Å². The monoisotopic (exact) mass is 306 g/mol. The van der Waals surface area contributed by atoms with Crippen molar-refractivity contribution in [3.8, 4) is 0 Å². The number of hydrogen-bond donors (Lipinski definition) is 4. The largest absolute Gasteiger partial charge is 0.396 e. The predicted molar refractivity (Wildman–Crippen MR) is 85.6 cm³/mol. The molecule has 122 valence electrons. The van der Waals surface area contributed by atoms with Gasteiger partial charge in [-0.05, 0) is 37.7 Å². The van der Waals surface area contributed by atoms with Gasteiger partial charge in [0.15, 0.2) is 0 Å². The number of benzene rings is 1. The zero-order valence-electron chi connectivity index (χ0n) is 13.1. The summed E-state index contributed by atoms with van der Waals surface area (Å²) in [4.78, 5) is 12.1. The normalized spacial score (nSPS) is 18.3. The average Bonchev–Trinajstić information content (AvgIpc) is 3.37. The summed E-state index contributed by atoms with van der Waals surface area (Å²) in [6, 6.07) is 9.60. The first-order valence-electron chi connectivity index (χ1n) is 7.91. The molecule has 0 saturated heterocycles. The smallest absolute Gasteiger partial charge is 0.315 e. The summed E-state index contributed by atoms with van der Waals surface area (Å²) in [6.07, 6.45) is 2.70. The van der Waals surface area contributed by atoms with Gasteiger partial charge >= 0.3 is 6.03 Å². The van der Waals surface area contributed by atoms with Crippen molar-refractivity contribution in [1.29, 1.82) is 0 Å². The van der Waals surface area contributed by atoms with Gasteiger partial charge in [-0.3, -0.25) is 0 Å². The van der Waals surface area contributed by atoms with Crippen molar-refractivity contribution < 1.29 is 15.0 Å². The Morgan fingerprint density at radius 1 is 1.32 bits per heavy atom. The molecular formula is C17H26N2O3. The molecule has 2 rings (SSSR count). The Morgan fingerprint density at radius 3 is 2.55 bits per heavy atom. The number of nitrogens with one attached hydrogen (secondary N) is 2. The summed E-state index contributed by atoms with van der Waals surface area (Å²) in [5.74, 6) is 0.448. The molecule has 1 aromatic carbocycles. The molecule has 4 N–H and O–H groups in total. The molecule has 1 aromatic rings. The minimum absolute atomic E-state index is 0.0517. The number of aliphatic hydroxyl groups excluding tert-OH is 2. The molecule has 2 atom stereocenters. The van der Waals surface area contributed by atoms with E-state index in [2.05, 4.69) is 10.6 Å². The third kappa shape index (κ3) is 4.45. The van der Waals surface area contributed by atoms with Gasteiger partial charge in [0.1, 0.15) is 0 Å². The number of carbonyl (C=O) groups is 1. The zero-order chi connectivity index (χ0) is 16.0. The standard InChI is InChI=1S/C17H26N2O3/c1-17(12-21,15-7-8-15)19-16(22)18-11-14(9-10-20)13-5-3-2-4-6-13/h2-6,14-15,20-21H,7-12H2,1H3,(H2,18,19,22). The highest BCUT2D eigenvalue weighted by Crippen LogP contribution is 2.39. The highest BCUT2D eigenvalue weighted by molar-refractivity contribution is 5.75. The summed E-state index contributed by atoms with van der Waals surface area (Å²) >= 11 is 0. The molecule has 0 heterocycles. The summed E-state index contributed by atoms with van der Waals surface area (Å²) in [5, 5.41) is 24.5. The maximum Gasteiger partial charge on any atom is 0.315 e. The SMILES string of the molecule is CC(CO)(NC(=O)NCC(CCO)c1ccccc1)C1CC1. The lowest BCUT2D eigenvalue weighted by atomic mass is 9.96. The van der Waals surface area contributed by atoms with Gasteiger partial charge < -0.3 is 20.8 Å². The van der Waals surface area contributed by atoms with Crippen molar-refractivity contribution in [3.63, 3.8) is 0 Å². The van der Waals surface area contributed by atoms with E-state index in [0.717, 1.165) is 18.4 Å². The van der Waals surface area contributed by atoms with Crippen LogP contribution < -0.4 is 10.6 Å². The van der Waals surface area contributed by atoms with Crippen molar-refractivity contribution in [2.45, 2.75) is 37.6 Å². The van der Waals surface area contributed by atoms with E-state index in [4.69, 9.17) is 0 Å². The molecule has 1 fully saturated rings. The Morgan fingerprint density at radius 2 is 2.00 bits per heavy atom. The molecule has 0 bridgehead atoms. The van der Waals surface area contributed by atoms with Crippen LogP contribution in [-0.2, 0) is 0 Å². The van der Waals surface area contributed by atoms with Crippen molar-refractivity contribution in [1.82, 2.24) is 10.6 Å². The Bertz CT molecular complexity index is 476. The maximum atomic E-state index is 12.1. The molecule has 0 spiro atoms. The summed E-state index contributed by atoms with van der Waals surface area (Å²) in [5.41, 5.74) is 0.563. The third-order valence-electron chi connectivity index (χ3n) is 4.46. The molecule has 1 saturated carbocycles. The van der Waals surface area contributed by atoms with E-state index < -0.39 is 5.54 Å². The number of urea groups is 1. The Hall–Kier alpha value is -1.59. The van der Waals surface area contributed by atoms with Gasteiger partial charge in [-0.2, -0.15) is 0 Å². The quantitative estimate of drug-likeness (QED) is 0.589. The number of aliphatic hydroxyl groups is 2. The molecule has 0 aliphatic heterocycles. The van der Waals surface area contributed by atoms with Crippen LogP contribution in [0.2, 0.25) is 0 Å². The Kier molecular flexibility index (Phi) is 5.80. The summed E-state index contributed by atoms with van der Waals surface area (Å²) < 4.78 is 0. The highest BCUT2D eigenvalue weighted by Gasteiger charge is 2.42. The van der Waals surface area contributed by atoms with Crippen molar-refractivity contribution in [2.75, 3.05) is 19.8 Å². The molecule has 5 heteroatoms. The van der Waals surface area contributed by atoms with Crippen LogP contribution in [0, 0.1) is 5.92 Å². The average molecular weight is 306 g/mol. The topological polar surface area (TPSA) is 81.6 Å². The summed E-state index contributed by atoms with van der Waals surface area (Å²) in [6.45, 7) is 2.37. The van der Waals surface area contributed by atoms with E-state index in [0.29, 0.717) is 18.9 Å². The number of rotatable bonds is 8. The lowest BCUT2D eigenvalue weighted by molar-refractivity contribution is 0.155. The first-order chi connectivity index (χ1) is 10.6. The van der Waals surface area contributed by atoms with Gasteiger partial charge in [0, 0.05) is 19.1 Å². The molecule has 22 heavy (non-hydrogen) atoms. The van der Waals surface area contributed by atoms with Crippen LogP contribution in [0.25, 0.3) is 0 Å². The van der Waals surface area contributed by atoms with Crippen LogP contribution in [0.4, 0.5) is 4.79 Å². The minimum Gasteiger partial charge on any atom is -0.396 e. The van der Waals surface area contributed by atoms with Gasteiger partial charge in [-0.15, -0.1) is 0 Å². The Balaban J connectivity index is 1.87. The highest BCUT2D eigenvalue weighted by atomic mass is 16.3. The molecule has 2 amide bonds.